The topological polar surface area (TPSA) is 43.4 Å². The van der Waals surface area contributed by atoms with Crippen LogP contribution in [0.4, 0.5) is 0 Å². The Morgan fingerprint density at radius 2 is 1.54 bits per heavy atom. The molecular weight excluding hydrogens is 348 g/mol. The van der Waals surface area contributed by atoms with Gasteiger partial charge in [0.25, 0.3) is 0 Å². The zero-order valence-corrected chi connectivity index (χ0v) is 15.4. The van der Waals surface area contributed by atoms with Gasteiger partial charge in [-0.25, -0.2) is 4.79 Å². The average molecular weight is 366 g/mol. The summed E-state index contributed by atoms with van der Waals surface area (Å²) in [7, 11) is 0. The fourth-order valence-electron chi connectivity index (χ4n) is 3.76. The molecule has 0 aliphatic carbocycles. The number of aryl methyl sites for hydroxylation is 1. The summed E-state index contributed by atoms with van der Waals surface area (Å²) in [6.07, 6.45) is 2.32. The standard InChI is InChI=1S/C25H18O3/c1-16-19-13-21-22(18-10-6-3-7-11-18)15-27-23(21)14-24(19)28-25(26)20(16)12-17-8-4-2-5-9-17/h2-11,13-15H,12H2,1H3. The van der Waals surface area contributed by atoms with Gasteiger partial charge < -0.3 is 8.83 Å². The van der Waals surface area contributed by atoms with E-state index in [4.69, 9.17) is 8.83 Å². The maximum absolute atomic E-state index is 12.6. The van der Waals surface area contributed by atoms with Crippen LogP contribution in [0.3, 0.4) is 0 Å². The largest absolute Gasteiger partial charge is 0.464 e. The van der Waals surface area contributed by atoms with Crippen molar-refractivity contribution in [3.8, 4) is 11.1 Å². The summed E-state index contributed by atoms with van der Waals surface area (Å²) in [4.78, 5) is 12.6. The van der Waals surface area contributed by atoms with Crippen LogP contribution in [0.5, 0.6) is 0 Å². The summed E-state index contributed by atoms with van der Waals surface area (Å²) < 4.78 is 11.4. The highest BCUT2D eigenvalue weighted by atomic mass is 16.4. The van der Waals surface area contributed by atoms with E-state index in [0.717, 1.165) is 33.0 Å². The number of furan rings is 1. The molecule has 3 nitrogen and oxygen atoms in total. The van der Waals surface area contributed by atoms with Crippen molar-refractivity contribution in [3.63, 3.8) is 0 Å². The van der Waals surface area contributed by atoms with Crippen molar-refractivity contribution < 1.29 is 8.83 Å². The summed E-state index contributed by atoms with van der Waals surface area (Å²) in [6, 6.07) is 24.0. The van der Waals surface area contributed by atoms with Crippen molar-refractivity contribution in [2.45, 2.75) is 13.3 Å². The third kappa shape index (κ3) is 2.72. The predicted octanol–water partition coefficient (Wildman–Crippen LogP) is 6.11. The van der Waals surface area contributed by atoms with Gasteiger partial charge in [0, 0.05) is 34.4 Å². The van der Waals surface area contributed by atoms with E-state index < -0.39 is 0 Å². The number of hydrogen-bond acceptors (Lipinski definition) is 3. The van der Waals surface area contributed by atoms with Crippen LogP contribution in [0.1, 0.15) is 16.7 Å². The van der Waals surface area contributed by atoms with Crippen LogP contribution in [-0.4, -0.2) is 0 Å². The minimum atomic E-state index is -0.289. The molecule has 3 aromatic carbocycles. The van der Waals surface area contributed by atoms with Crippen LogP contribution < -0.4 is 5.63 Å². The molecular formula is C25H18O3. The van der Waals surface area contributed by atoms with Gasteiger partial charge in [0.1, 0.15) is 11.2 Å². The van der Waals surface area contributed by atoms with Gasteiger partial charge in [0.15, 0.2) is 0 Å². The molecule has 0 atom stereocenters. The lowest BCUT2D eigenvalue weighted by molar-refractivity contribution is 0.549. The molecule has 0 saturated heterocycles. The minimum absolute atomic E-state index is 0.289. The summed E-state index contributed by atoms with van der Waals surface area (Å²) in [5.41, 5.74) is 5.85. The van der Waals surface area contributed by atoms with E-state index in [1.54, 1.807) is 6.26 Å². The third-order valence-electron chi connectivity index (χ3n) is 5.29. The van der Waals surface area contributed by atoms with Gasteiger partial charge in [0.2, 0.25) is 0 Å². The average Bonchev–Trinajstić information content (AvgIpc) is 3.14. The van der Waals surface area contributed by atoms with Crippen molar-refractivity contribution in [2.24, 2.45) is 0 Å². The SMILES string of the molecule is Cc1c(Cc2ccccc2)c(=O)oc2cc3occ(-c4ccccc4)c3cc12. The lowest BCUT2D eigenvalue weighted by Crippen LogP contribution is -2.10. The van der Waals surface area contributed by atoms with E-state index in [1.165, 1.54) is 0 Å². The first-order valence-electron chi connectivity index (χ1n) is 9.27. The monoisotopic (exact) mass is 366 g/mol. The molecule has 0 saturated carbocycles. The number of hydrogen-bond donors (Lipinski definition) is 0. The van der Waals surface area contributed by atoms with Gasteiger partial charge >= 0.3 is 5.63 Å². The van der Waals surface area contributed by atoms with Crippen LogP contribution in [0.2, 0.25) is 0 Å². The third-order valence-corrected chi connectivity index (χ3v) is 5.29. The van der Waals surface area contributed by atoms with Crippen molar-refractivity contribution >= 4 is 21.9 Å². The molecule has 0 fully saturated rings. The summed E-state index contributed by atoms with van der Waals surface area (Å²) in [5, 5.41) is 1.96. The lowest BCUT2D eigenvalue weighted by Gasteiger charge is -2.08. The zero-order chi connectivity index (χ0) is 19.1. The number of fused-ring (bicyclic) bond motifs is 2. The first-order chi connectivity index (χ1) is 13.7. The molecule has 0 unspecified atom stereocenters. The predicted molar refractivity (Wildman–Crippen MR) is 112 cm³/mol. The second-order valence-corrected chi connectivity index (χ2v) is 7.02. The maximum Gasteiger partial charge on any atom is 0.340 e. The molecule has 0 radical (unpaired) electrons. The molecule has 0 aliphatic heterocycles. The maximum atomic E-state index is 12.6. The molecule has 3 heteroatoms. The first-order valence-corrected chi connectivity index (χ1v) is 9.27. The van der Waals surface area contributed by atoms with Gasteiger partial charge in [0.05, 0.1) is 6.26 Å². The first kappa shape index (κ1) is 16.6. The summed E-state index contributed by atoms with van der Waals surface area (Å²) in [5.74, 6) is 0. The van der Waals surface area contributed by atoms with E-state index in [0.29, 0.717) is 23.2 Å². The number of benzene rings is 3. The van der Waals surface area contributed by atoms with Crippen molar-refractivity contribution in [2.75, 3.05) is 0 Å². The Morgan fingerprint density at radius 1 is 0.821 bits per heavy atom. The van der Waals surface area contributed by atoms with Crippen LogP contribution in [0.25, 0.3) is 33.1 Å². The Kier molecular flexibility index (Phi) is 3.87. The molecule has 0 amide bonds. The van der Waals surface area contributed by atoms with Crippen LogP contribution in [0, 0.1) is 6.92 Å². The molecule has 0 N–H and O–H groups in total. The normalized spacial score (nSPS) is 11.3. The molecule has 0 aliphatic rings. The molecule has 2 aromatic heterocycles. The Hall–Kier alpha value is -3.59. The van der Waals surface area contributed by atoms with E-state index in [1.807, 2.05) is 61.5 Å². The zero-order valence-electron chi connectivity index (χ0n) is 15.4. The molecule has 5 aromatic rings. The fraction of sp³-hybridized carbons (Fsp3) is 0.0800. The van der Waals surface area contributed by atoms with Crippen LogP contribution in [-0.2, 0) is 6.42 Å². The quantitative estimate of drug-likeness (QED) is 0.362. The van der Waals surface area contributed by atoms with E-state index in [2.05, 4.69) is 18.2 Å². The summed E-state index contributed by atoms with van der Waals surface area (Å²) >= 11 is 0. The molecule has 136 valence electrons. The van der Waals surface area contributed by atoms with Crippen molar-refractivity contribution in [1.82, 2.24) is 0 Å². The van der Waals surface area contributed by atoms with E-state index >= 15 is 0 Å². The van der Waals surface area contributed by atoms with Crippen LogP contribution >= 0.6 is 0 Å². The Balaban J connectivity index is 1.72. The molecule has 28 heavy (non-hydrogen) atoms. The molecule has 2 heterocycles. The van der Waals surface area contributed by atoms with Gasteiger partial charge in [-0.3, -0.25) is 0 Å². The highest BCUT2D eigenvalue weighted by Gasteiger charge is 2.16. The van der Waals surface area contributed by atoms with E-state index in [-0.39, 0.29) is 5.63 Å². The second-order valence-electron chi connectivity index (χ2n) is 7.02. The highest BCUT2D eigenvalue weighted by Crippen LogP contribution is 2.34. The van der Waals surface area contributed by atoms with E-state index in [9.17, 15) is 4.79 Å². The van der Waals surface area contributed by atoms with Gasteiger partial charge in [-0.05, 0) is 29.7 Å². The summed E-state index contributed by atoms with van der Waals surface area (Å²) in [6.45, 7) is 1.99. The van der Waals surface area contributed by atoms with Gasteiger partial charge in [-0.2, -0.15) is 0 Å². The van der Waals surface area contributed by atoms with Crippen LogP contribution in [0.15, 0.2) is 92.7 Å². The molecule has 5 rings (SSSR count). The Bertz CT molecular complexity index is 1340. The van der Waals surface area contributed by atoms with Gasteiger partial charge in [-0.1, -0.05) is 60.7 Å². The minimum Gasteiger partial charge on any atom is -0.464 e. The second kappa shape index (κ2) is 6.54. The highest BCUT2D eigenvalue weighted by molar-refractivity contribution is 6.02. The lowest BCUT2D eigenvalue weighted by atomic mass is 9.97. The smallest absolute Gasteiger partial charge is 0.340 e. The van der Waals surface area contributed by atoms with Crippen molar-refractivity contribution in [1.29, 1.82) is 0 Å². The fourth-order valence-corrected chi connectivity index (χ4v) is 3.76. The Morgan fingerprint density at radius 3 is 2.29 bits per heavy atom. The molecule has 0 bridgehead atoms. The number of rotatable bonds is 3. The Labute approximate surface area is 161 Å². The molecule has 0 spiro atoms. The van der Waals surface area contributed by atoms with Crippen molar-refractivity contribution in [3.05, 3.63) is 106 Å². The van der Waals surface area contributed by atoms with Gasteiger partial charge in [-0.15, -0.1) is 0 Å².